The van der Waals surface area contributed by atoms with E-state index in [4.69, 9.17) is 0 Å². The highest BCUT2D eigenvalue weighted by atomic mass is 79.9. The van der Waals surface area contributed by atoms with Gasteiger partial charge in [0.25, 0.3) is 0 Å². The third kappa shape index (κ3) is 2.62. The van der Waals surface area contributed by atoms with Crippen molar-refractivity contribution in [1.29, 1.82) is 0 Å². The molecule has 1 amide bonds. The summed E-state index contributed by atoms with van der Waals surface area (Å²) in [6.45, 7) is 0. The maximum atomic E-state index is 11.1. The third-order valence-electron chi connectivity index (χ3n) is 1.40. The lowest BCUT2D eigenvalue weighted by atomic mass is 10.2. The molecule has 13 heavy (non-hydrogen) atoms. The smallest absolute Gasteiger partial charge is 0.211 e. The first-order chi connectivity index (χ1) is 6.27. The number of anilines is 1. The quantitative estimate of drug-likeness (QED) is 0.491. The van der Waals surface area contributed by atoms with Crippen LogP contribution in [-0.4, -0.2) is 22.5 Å². The number of alkyl halides is 1. The van der Waals surface area contributed by atoms with Crippen LogP contribution in [0.15, 0.2) is 18.3 Å². The van der Waals surface area contributed by atoms with E-state index in [1.54, 1.807) is 12.1 Å². The van der Waals surface area contributed by atoms with Crippen LogP contribution in [0, 0.1) is 0 Å². The predicted molar refractivity (Wildman–Crippen MR) is 52.0 cm³/mol. The molecule has 0 saturated heterocycles. The summed E-state index contributed by atoms with van der Waals surface area (Å²) in [6, 6.07) is 3.19. The van der Waals surface area contributed by atoms with Gasteiger partial charge in [0.15, 0.2) is 5.78 Å². The maximum Gasteiger partial charge on any atom is 0.211 e. The molecule has 1 aromatic heterocycles. The van der Waals surface area contributed by atoms with Crippen molar-refractivity contribution in [2.75, 3.05) is 10.6 Å². The van der Waals surface area contributed by atoms with Crippen molar-refractivity contribution in [2.24, 2.45) is 0 Å². The fourth-order valence-electron chi connectivity index (χ4n) is 0.781. The minimum Gasteiger partial charge on any atom is -0.327 e. The van der Waals surface area contributed by atoms with E-state index in [1.807, 2.05) is 0 Å². The molecule has 0 saturated carbocycles. The van der Waals surface area contributed by atoms with Crippen LogP contribution in [0.2, 0.25) is 0 Å². The Balaban J connectivity index is 2.80. The van der Waals surface area contributed by atoms with Crippen LogP contribution in [0.3, 0.4) is 0 Å². The summed E-state index contributed by atoms with van der Waals surface area (Å²) in [5, 5.41) is 2.68. The summed E-state index contributed by atoms with van der Waals surface area (Å²) in [6.07, 6.45) is 1.99. The number of carbonyl (C=O) groups excluding carboxylic acids is 2. The molecular formula is C8H7BrN2O2. The molecule has 1 heterocycles. The van der Waals surface area contributed by atoms with Crippen LogP contribution < -0.4 is 5.32 Å². The second-order valence-electron chi connectivity index (χ2n) is 2.25. The first-order valence-corrected chi connectivity index (χ1v) is 4.65. The molecule has 4 nitrogen and oxygen atoms in total. The molecule has 0 aliphatic carbocycles. The number of pyridine rings is 1. The van der Waals surface area contributed by atoms with Crippen LogP contribution in [0.1, 0.15) is 10.5 Å². The zero-order valence-corrected chi connectivity index (χ0v) is 8.24. The summed E-state index contributed by atoms with van der Waals surface area (Å²) in [4.78, 5) is 25.0. The van der Waals surface area contributed by atoms with Crippen molar-refractivity contribution in [3.63, 3.8) is 0 Å². The average Bonchev–Trinajstić information content (AvgIpc) is 2.18. The number of Topliss-reactive ketones (excluding diaryl/α,β-unsaturated/α-hetero) is 1. The Hall–Kier alpha value is -1.23. The summed E-state index contributed by atoms with van der Waals surface area (Å²) < 4.78 is 0. The molecule has 0 spiro atoms. The molecule has 5 heteroatoms. The topological polar surface area (TPSA) is 59.1 Å². The third-order valence-corrected chi connectivity index (χ3v) is 1.91. The molecule has 0 aliphatic rings. The molecule has 0 unspecified atom stereocenters. The van der Waals surface area contributed by atoms with Crippen molar-refractivity contribution in [3.8, 4) is 0 Å². The fraction of sp³-hybridized carbons (Fsp3) is 0.125. The standard InChI is InChI=1S/C8H7BrN2O2/c9-3-8(13)7-2-1-6(4-10-7)11-5-12/h1-2,4-5H,3H2,(H,11,12). The predicted octanol–water partition coefficient (Wildman–Crippen LogP) is 1.23. The Morgan fingerprint density at radius 1 is 1.62 bits per heavy atom. The minimum atomic E-state index is -0.0855. The van der Waals surface area contributed by atoms with E-state index in [9.17, 15) is 9.59 Å². The number of amides is 1. The van der Waals surface area contributed by atoms with Crippen molar-refractivity contribution >= 4 is 33.8 Å². The van der Waals surface area contributed by atoms with Gasteiger partial charge < -0.3 is 5.32 Å². The molecule has 1 N–H and O–H groups in total. The van der Waals surface area contributed by atoms with E-state index in [2.05, 4.69) is 26.2 Å². The van der Waals surface area contributed by atoms with Gasteiger partial charge in [0, 0.05) is 0 Å². The number of ketones is 1. The Morgan fingerprint density at radius 2 is 2.38 bits per heavy atom. The molecule has 0 aliphatic heterocycles. The van der Waals surface area contributed by atoms with Crippen LogP contribution in [0.25, 0.3) is 0 Å². The lowest BCUT2D eigenvalue weighted by molar-refractivity contribution is -0.105. The van der Waals surface area contributed by atoms with Crippen molar-refractivity contribution in [2.45, 2.75) is 0 Å². The van der Waals surface area contributed by atoms with E-state index in [1.165, 1.54) is 6.20 Å². The fourth-order valence-corrected chi connectivity index (χ4v) is 1.07. The van der Waals surface area contributed by atoms with E-state index in [0.29, 0.717) is 17.8 Å². The number of hydrogen-bond acceptors (Lipinski definition) is 3. The van der Waals surface area contributed by atoms with Gasteiger partial charge in [0.2, 0.25) is 6.41 Å². The van der Waals surface area contributed by atoms with Crippen LogP contribution in [-0.2, 0) is 4.79 Å². The molecule has 0 atom stereocenters. The molecule has 0 fully saturated rings. The minimum absolute atomic E-state index is 0.0855. The Labute approximate surface area is 83.5 Å². The van der Waals surface area contributed by atoms with Gasteiger partial charge >= 0.3 is 0 Å². The van der Waals surface area contributed by atoms with E-state index in [0.717, 1.165) is 0 Å². The SMILES string of the molecule is O=CNc1ccc(C(=O)CBr)nc1. The summed E-state index contributed by atoms with van der Waals surface area (Å²) in [5.74, 6) is -0.0855. The van der Waals surface area contributed by atoms with E-state index >= 15 is 0 Å². The lowest BCUT2D eigenvalue weighted by Gasteiger charge is -1.98. The number of aromatic nitrogens is 1. The number of hydrogen-bond donors (Lipinski definition) is 1. The zero-order valence-electron chi connectivity index (χ0n) is 6.66. The maximum absolute atomic E-state index is 11.1. The average molecular weight is 243 g/mol. The Bertz CT molecular complexity index is 310. The number of rotatable bonds is 4. The van der Waals surface area contributed by atoms with Gasteiger partial charge in [-0.1, -0.05) is 15.9 Å². The first kappa shape index (κ1) is 9.85. The molecule has 0 aromatic carbocycles. The van der Waals surface area contributed by atoms with Gasteiger partial charge in [-0.2, -0.15) is 0 Å². The Morgan fingerprint density at radius 3 is 2.85 bits per heavy atom. The number of halogens is 1. The molecule has 1 rings (SSSR count). The highest BCUT2D eigenvalue weighted by molar-refractivity contribution is 9.09. The summed E-state index contributed by atoms with van der Waals surface area (Å²) >= 11 is 3.04. The van der Waals surface area contributed by atoms with E-state index < -0.39 is 0 Å². The zero-order chi connectivity index (χ0) is 9.68. The van der Waals surface area contributed by atoms with Gasteiger partial charge in [-0.15, -0.1) is 0 Å². The lowest BCUT2D eigenvalue weighted by Crippen LogP contribution is -2.03. The summed E-state index contributed by atoms with van der Waals surface area (Å²) in [7, 11) is 0. The van der Waals surface area contributed by atoms with Crippen molar-refractivity contribution < 1.29 is 9.59 Å². The first-order valence-electron chi connectivity index (χ1n) is 3.53. The Kier molecular flexibility index (Phi) is 3.57. The summed E-state index contributed by atoms with van der Waals surface area (Å²) in [5.41, 5.74) is 0.953. The number of nitrogens with one attached hydrogen (secondary N) is 1. The molecular weight excluding hydrogens is 236 g/mol. The van der Waals surface area contributed by atoms with Crippen LogP contribution >= 0.6 is 15.9 Å². The molecule has 1 aromatic rings. The second kappa shape index (κ2) is 4.71. The largest absolute Gasteiger partial charge is 0.327 e. The van der Waals surface area contributed by atoms with Crippen LogP contribution in [0.5, 0.6) is 0 Å². The van der Waals surface area contributed by atoms with Gasteiger partial charge in [0.05, 0.1) is 17.2 Å². The van der Waals surface area contributed by atoms with Gasteiger partial charge in [0.1, 0.15) is 5.69 Å². The monoisotopic (exact) mass is 242 g/mol. The van der Waals surface area contributed by atoms with Crippen molar-refractivity contribution in [3.05, 3.63) is 24.0 Å². The van der Waals surface area contributed by atoms with E-state index in [-0.39, 0.29) is 11.1 Å². The molecule has 68 valence electrons. The highest BCUT2D eigenvalue weighted by Crippen LogP contribution is 2.06. The van der Waals surface area contributed by atoms with Crippen molar-refractivity contribution in [1.82, 2.24) is 4.98 Å². The molecule has 0 radical (unpaired) electrons. The molecule has 0 bridgehead atoms. The van der Waals surface area contributed by atoms with Gasteiger partial charge in [-0.3, -0.25) is 14.6 Å². The number of carbonyl (C=O) groups is 2. The highest BCUT2D eigenvalue weighted by Gasteiger charge is 2.04. The number of nitrogens with zero attached hydrogens (tertiary/aromatic N) is 1. The van der Waals surface area contributed by atoms with Gasteiger partial charge in [-0.25, -0.2) is 0 Å². The van der Waals surface area contributed by atoms with Crippen LogP contribution in [0.4, 0.5) is 5.69 Å². The second-order valence-corrected chi connectivity index (χ2v) is 2.81. The normalized spacial score (nSPS) is 9.31. The van der Waals surface area contributed by atoms with Gasteiger partial charge in [-0.05, 0) is 12.1 Å².